The molecule has 0 radical (unpaired) electrons. The van der Waals surface area contributed by atoms with Crippen LogP contribution in [0.1, 0.15) is 23.5 Å². The van der Waals surface area contributed by atoms with Crippen molar-refractivity contribution in [1.29, 1.82) is 0 Å². The number of aromatic hydroxyl groups is 1. The molecule has 0 saturated carbocycles. The average Bonchev–Trinajstić information content (AvgIpc) is 3.06. The van der Waals surface area contributed by atoms with E-state index in [4.69, 9.17) is 4.42 Å². The summed E-state index contributed by atoms with van der Waals surface area (Å²) >= 11 is 0. The largest absolute Gasteiger partial charge is 0.507 e. The molecule has 1 aromatic carbocycles. The van der Waals surface area contributed by atoms with Crippen molar-refractivity contribution < 1.29 is 14.3 Å². The number of piperidine rings is 3. The smallest absolute Gasteiger partial charge is 0.307 e. The zero-order chi connectivity index (χ0) is 15.8. The molecule has 2 N–H and O–H groups in total. The van der Waals surface area contributed by atoms with Gasteiger partial charge >= 0.3 is 5.91 Å². The number of nitrogens with one attached hydrogen (secondary N) is 1. The maximum Gasteiger partial charge on any atom is 0.307 e. The van der Waals surface area contributed by atoms with Crippen LogP contribution < -0.4 is 5.32 Å². The third-order valence-electron chi connectivity index (χ3n) is 4.84. The molecule has 3 fully saturated rings. The molecule has 0 spiro atoms. The van der Waals surface area contributed by atoms with Gasteiger partial charge in [0.1, 0.15) is 5.75 Å². The summed E-state index contributed by atoms with van der Waals surface area (Å²) in [7, 11) is 0. The summed E-state index contributed by atoms with van der Waals surface area (Å²) in [4.78, 5) is 18.8. The number of fused-ring (bicyclic) bond motifs is 3. The fraction of sp³-hybridized carbons (Fsp3) is 0.412. The molecular weight excluding hydrogens is 294 g/mol. The molecule has 6 nitrogen and oxygen atoms in total. The second-order valence-corrected chi connectivity index (χ2v) is 6.26. The number of carbonyl (C=O) groups excluding carboxylic acids is 1. The summed E-state index contributed by atoms with van der Waals surface area (Å²) in [6.07, 6.45) is 3.75. The molecule has 1 unspecified atom stereocenters. The molecule has 2 aromatic rings. The second-order valence-electron chi connectivity index (χ2n) is 6.26. The molecule has 3 aliphatic rings. The van der Waals surface area contributed by atoms with Crippen molar-refractivity contribution >= 4 is 5.91 Å². The van der Waals surface area contributed by atoms with E-state index in [2.05, 4.69) is 15.2 Å². The summed E-state index contributed by atoms with van der Waals surface area (Å²) < 4.78 is 5.54. The highest BCUT2D eigenvalue weighted by Gasteiger charge is 2.35. The van der Waals surface area contributed by atoms with Crippen molar-refractivity contribution in [2.45, 2.75) is 18.9 Å². The van der Waals surface area contributed by atoms with Gasteiger partial charge in [-0.2, -0.15) is 0 Å². The van der Waals surface area contributed by atoms with Gasteiger partial charge in [-0.3, -0.25) is 4.79 Å². The van der Waals surface area contributed by atoms with E-state index in [9.17, 15) is 9.90 Å². The van der Waals surface area contributed by atoms with Gasteiger partial charge in [0, 0.05) is 12.6 Å². The third kappa shape index (κ3) is 2.70. The number of hydrogen-bond acceptors (Lipinski definition) is 5. The summed E-state index contributed by atoms with van der Waals surface area (Å²) in [6, 6.07) is 7.00. The molecule has 2 bridgehead atoms. The van der Waals surface area contributed by atoms with Crippen molar-refractivity contribution in [3.63, 3.8) is 0 Å². The average molecular weight is 313 g/mol. The topological polar surface area (TPSA) is 78.6 Å². The third-order valence-corrected chi connectivity index (χ3v) is 4.84. The van der Waals surface area contributed by atoms with Crippen LogP contribution >= 0.6 is 0 Å². The number of rotatable bonds is 3. The molecule has 23 heavy (non-hydrogen) atoms. The number of carbonyl (C=O) groups is 1. The summed E-state index contributed by atoms with van der Waals surface area (Å²) in [5, 5.41) is 12.9. The lowest BCUT2D eigenvalue weighted by molar-refractivity contribution is 0.0602. The molecule has 0 aliphatic carbocycles. The highest BCUT2D eigenvalue weighted by molar-refractivity contribution is 5.90. The Labute approximate surface area is 134 Å². The first-order valence-electron chi connectivity index (χ1n) is 7.98. The molecule has 3 saturated heterocycles. The van der Waals surface area contributed by atoms with Crippen LogP contribution in [-0.4, -0.2) is 46.6 Å². The lowest BCUT2D eigenvalue weighted by atomic mass is 9.84. The van der Waals surface area contributed by atoms with Crippen LogP contribution in [0.2, 0.25) is 0 Å². The Hall–Kier alpha value is -2.34. The fourth-order valence-electron chi connectivity index (χ4n) is 3.54. The van der Waals surface area contributed by atoms with E-state index >= 15 is 0 Å². The van der Waals surface area contributed by atoms with E-state index in [1.807, 2.05) is 0 Å². The summed E-state index contributed by atoms with van der Waals surface area (Å²) in [5.41, 5.74) is 0.530. The Morgan fingerprint density at radius 2 is 2.09 bits per heavy atom. The number of oxazole rings is 1. The predicted molar refractivity (Wildman–Crippen MR) is 84.0 cm³/mol. The zero-order valence-electron chi connectivity index (χ0n) is 12.7. The molecule has 1 atom stereocenters. The molecular formula is C17H19N3O3. The first-order valence-corrected chi connectivity index (χ1v) is 7.98. The number of aromatic nitrogens is 1. The Bertz CT molecular complexity index is 719. The van der Waals surface area contributed by atoms with Gasteiger partial charge in [-0.05, 0) is 44.0 Å². The van der Waals surface area contributed by atoms with Crippen LogP contribution in [-0.2, 0) is 0 Å². The van der Waals surface area contributed by atoms with Crippen molar-refractivity contribution in [2.24, 2.45) is 5.92 Å². The van der Waals surface area contributed by atoms with E-state index in [-0.39, 0.29) is 23.6 Å². The minimum Gasteiger partial charge on any atom is -0.507 e. The van der Waals surface area contributed by atoms with Crippen LogP contribution in [0.25, 0.3) is 11.3 Å². The number of hydrogen-bond donors (Lipinski definition) is 2. The highest BCUT2D eigenvalue weighted by Crippen LogP contribution is 2.30. The van der Waals surface area contributed by atoms with Gasteiger partial charge in [-0.1, -0.05) is 12.1 Å². The van der Waals surface area contributed by atoms with Gasteiger partial charge < -0.3 is 19.7 Å². The number of benzene rings is 1. The van der Waals surface area contributed by atoms with Crippen LogP contribution in [0.15, 0.2) is 34.9 Å². The van der Waals surface area contributed by atoms with Crippen LogP contribution in [0.3, 0.4) is 0 Å². The molecule has 6 heteroatoms. The lowest BCUT2D eigenvalue weighted by Gasteiger charge is -2.44. The summed E-state index contributed by atoms with van der Waals surface area (Å²) in [5.74, 6) is 0.803. The van der Waals surface area contributed by atoms with Crippen molar-refractivity contribution in [3.05, 3.63) is 36.4 Å². The van der Waals surface area contributed by atoms with E-state index in [0.29, 0.717) is 17.2 Å². The van der Waals surface area contributed by atoms with E-state index in [1.54, 1.807) is 24.3 Å². The Kier molecular flexibility index (Phi) is 3.53. The zero-order valence-corrected chi connectivity index (χ0v) is 12.7. The highest BCUT2D eigenvalue weighted by atomic mass is 16.4. The van der Waals surface area contributed by atoms with E-state index in [0.717, 1.165) is 32.5 Å². The predicted octanol–water partition coefficient (Wildman–Crippen LogP) is 1.87. The number of amides is 1. The monoisotopic (exact) mass is 313 g/mol. The molecule has 3 aliphatic heterocycles. The number of para-hydroxylation sites is 1. The Balaban J connectivity index is 1.48. The van der Waals surface area contributed by atoms with Crippen LogP contribution in [0.4, 0.5) is 0 Å². The lowest BCUT2D eigenvalue weighted by Crippen LogP contribution is -2.57. The number of nitrogens with zero attached hydrogens (tertiary/aromatic N) is 2. The molecule has 5 rings (SSSR count). The molecule has 120 valence electrons. The van der Waals surface area contributed by atoms with Gasteiger partial charge in [-0.25, -0.2) is 4.98 Å². The van der Waals surface area contributed by atoms with E-state index in [1.165, 1.54) is 6.20 Å². The second kappa shape index (κ2) is 5.70. The normalized spacial score (nSPS) is 26.2. The maximum atomic E-state index is 12.4. The van der Waals surface area contributed by atoms with Crippen molar-refractivity contribution in [1.82, 2.24) is 15.2 Å². The minimum atomic E-state index is -0.287. The SMILES string of the molecule is O=C(NC1CN2CCC1CC2)c1ncc(-c2ccccc2O)o1. The minimum absolute atomic E-state index is 0.0414. The Morgan fingerprint density at radius 3 is 2.78 bits per heavy atom. The molecule has 4 heterocycles. The quantitative estimate of drug-likeness (QED) is 0.904. The fourth-order valence-corrected chi connectivity index (χ4v) is 3.54. The van der Waals surface area contributed by atoms with E-state index < -0.39 is 0 Å². The van der Waals surface area contributed by atoms with Gasteiger partial charge in [0.05, 0.1) is 11.8 Å². The molecule has 1 amide bonds. The van der Waals surface area contributed by atoms with Gasteiger partial charge in [0.15, 0.2) is 5.76 Å². The maximum absolute atomic E-state index is 12.4. The Morgan fingerprint density at radius 1 is 1.30 bits per heavy atom. The number of phenolic OH excluding ortho intramolecular Hbond substituents is 1. The summed E-state index contributed by atoms with van der Waals surface area (Å²) in [6.45, 7) is 3.17. The standard InChI is InChI=1S/C17H19N3O3/c21-14-4-2-1-3-12(14)15-9-18-17(23-15)16(22)19-13-10-20-7-5-11(13)6-8-20/h1-4,9,11,13,21H,5-8,10H2,(H,19,22). The van der Waals surface area contributed by atoms with Crippen LogP contribution in [0.5, 0.6) is 5.75 Å². The van der Waals surface area contributed by atoms with Gasteiger partial charge in [0.25, 0.3) is 5.89 Å². The molecule has 1 aromatic heterocycles. The first kappa shape index (κ1) is 14.3. The number of phenols is 1. The van der Waals surface area contributed by atoms with Crippen molar-refractivity contribution in [3.8, 4) is 17.1 Å². The van der Waals surface area contributed by atoms with Crippen LogP contribution in [0, 0.1) is 5.92 Å². The van der Waals surface area contributed by atoms with Gasteiger partial charge in [0.2, 0.25) is 0 Å². The van der Waals surface area contributed by atoms with Crippen molar-refractivity contribution in [2.75, 3.05) is 19.6 Å². The van der Waals surface area contributed by atoms with Gasteiger partial charge in [-0.15, -0.1) is 0 Å². The first-order chi connectivity index (χ1) is 11.2.